The molecular weight excluding hydrogens is 491 g/mol. The number of hydrogen-bond acceptors (Lipinski definition) is 7. The van der Waals surface area contributed by atoms with Crippen molar-refractivity contribution in [3.05, 3.63) is 78.1 Å². The number of hydrogen-bond donors (Lipinski definition) is 2. The Morgan fingerprint density at radius 3 is 2.59 bits per heavy atom. The molecule has 0 aliphatic carbocycles. The van der Waals surface area contributed by atoms with Crippen molar-refractivity contribution in [2.24, 2.45) is 0 Å². The Morgan fingerprint density at radius 1 is 0.919 bits per heavy atom. The molecule has 6 rings (SSSR count). The van der Waals surface area contributed by atoms with Crippen LogP contribution in [0.4, 0.5) is 21.6 Å². The summed E-state index contributed by atoms with van der Waals surface area (Å²) >= 11 is 6.11. The van der Waals surface area contributed by atoms with E-state index in [1.165, 1.54) is 18.5 Å². The van der Waals surface area contributed by atoms with E-state index in [1.807, 2.05) is 30.5 Å². The third-order valence-electron chi connectivity index (χ3n) is 6.51. The number of pyridine rings is 3. The zero-order valence-corrected chi connectivity index (χ0v) is 20.9. The van der Waals surface area contributed by atoms with Crippen molar-refractivity contribution >= 4 is 39.8 Å². The minimum atomic E-state index is -0.394. The molecule has 0 saturated carbocycles. The van der Waals surface area contributed by atoms with Gasteiger partial charge in [0.05, 0.1) is 52.5 Å². The molecule has 37 heavy (non-hydrogen) atoms. The number of piperazine rings is 1. The minimum Gasteiger partial charge on any atom is -0.368 e. The second-order valence-electron chi connectivity index (χ2n) is 9.03. The summed E-state index contributed by atoms with van der Waals surface area (Å²) in [6.45, 7) is 4.08. The first kappa shape index (κ1) is 23.3. The van der Waals surface area contributed by atoms with Crippen LogP contribution >= 0.6 is 11.6 Å². The van der Waals surface area contributed by atoms with Crippen LogP contribution in [-0.2, 0) is 0 Å². The van der Waals surface area contributed by atoms with Gasteiger partial charge in [0.25, 0.3) is 0 Å². The Hall–Kier alpha value is -4.08. The largest absolute Gasteiger partial charge is 0.368 e. The molecule has 2 N–H and O–H groups in total. The summed E-state index contributed by atoms with van der Waals surface area (Å²) in [4.78, 5) is 26.0. The van der Waals surface area contributed by atoms with Gasteiger partial charge in [-0.25, -0.2) is 19.3 Å². The van der Waals surface area contributed by atoms with E-state index in [0.29, 0.717) is 33.2 Å². The van der Waals surface area contributed by atoms with E-state index in [9.17, 15) is 4.39 Å². The highest BCUT2D eigenvalue weighted by molar-refractivity contribution is 6.30. The van der Waals surface area contributed by atoms with Crippen molar-refractivity contribution in [3.63, 3.8) is 0 Å². The van der Waals surface area contributed by atoms with Crippen molar-refractivity contribution in [2.75, 3.05) is 43.4 Å². The van der Waals surface area contributed by atoms with Crippen LogP contribution in [0, 0.1) is 5.82 Å². The summed E-state index contributed by atoms with van der Waals surface area (Å²) in [5, 5.41) is 3.75. The molecule has 0 unspecified atom stereocenters. The predicted octanol–water partition coefficient (Wildman–Crippen LogP) is 5.37. The summed E-state index contributed by atoms with van der Waals surface area (Å²) in [5.41, 5.74) is 5.27. The molecule has 4 aromatic heterocycles. The Kier molecular flexibility index (Phi) is 6.15. The molecule has 10 heteroatoms. The smallest absolute Gasteiger partial charge is 0.132 e. The molecule has 5 aromatic rings. The molecule has 0 bridgehead atoms. The fourth-order valence-electron chi connectivity index (χ4n) is 4.45. The summed E-state index contributed by atoms with van der Waals surface area (Å²) in [6, 6.07) is 14.1. The molecule has 1 aliphatic heterocycles. The van der Waals surface area contributed by atoms with Crippen LogP contribution in [0.25, 0.3) is 33.7 Å². The number of H-pyrrole nitrogens is 1. The molecule has 0 radical (unpaired) electrons. The first-order valence-corrected chi connectivity index (χ1v) is 12.3. The minimum absolute atomic E-state index is 0.335. The summed E-state index contributed by atoms with van der Waals surface area (Å²) in [5.74, 6) is 0.330. The Balaban J connectivity index is 1.25. The monoisotopic (exact) mass is 514 g/mol. The number of halogens is 2. The highest BCUT2D eigenvalue weighted by atomic mass is 35.5. The van der Waals surface area contributed by atoms with E-state index >= 15 is 0 Å². The quantitative estimate of drug-likeness (QED) is 0.326. The lowest BCUT2D eigenvalue weighted by atomic mass is 10.1. The van der Waals surface area contributed by atoms with Gasteiger partial charge in [-0.2, -0.15) is 0 Å². The number of benzene rings is 1. The van der Waals surface area contributed by atoms with Gasteiger partial charge in [-0.05, 0) is 55.6 Å². The van der Waals surface area contributed by atoms with Crippen LogP contribution in [0.1, 0.15) is 0 Å². The van der Waals surface area contributed by atoms with Crippen LogP contribution in [-0.4, -0.2) is 63.0 Å². The Labute approximate surface area is 218 Å². The van der Waals surface area contributed by atoms with Crippen molar-refractivity contribution in [1.82, 2.24) is 29.8 Å². The van der Waals surface area contributed by atoms with E-state index in [1.54, 1.807) is 12.3 Å². The van der Waals surface area contributed by atoms with Crippen LogP contribution in [0.15, 0.2) is 67.3 Å². The lowest BCUT2D eigenvalue weighted by Gasteiger charge is -2.33. The highest BCUT2D eigenvalue weighted by Gasteiger charge is 2.17. The molecule has 1 saturated heterocycles. The number of nitrogens with zero attached hydrogens (tertiary/aromatic N) is 6. The first-order valence-electron chi connectivity index (χ1n) is 12.0. The number of aromatic nitrogens is 5. The van der Waals surface area contributed by atoms with Crippen molar-refractivity contribution in [2.45, 2.75) is 0 Å². The normalized spacial score (nSPS) is 14.3. The van der Waals surface area contributed by atoms with Gasteiger partial charge >= 0.3 is 0 Å². The standard InChI is InChI=1S/C27H24ClFN8/c1-36-8-10-37(11-9-36)19-3-7-25(31-15-19)34-18-13-24-22(30-14-18)5-6-23(35-24)27-26(32-16-33-27)20-12-17(28)2-4-21(20)29/h2-7,12-16H,8-11H2,1H3,(H,31,34)(H,32,33). The molecule has 0 atom stereocenters. The third-order valence-corrected chi connectivity index (χ3v) is 6.74. The van der Waals surface area contributed by atoms with Crippen LogP contribution < -0.4 is 10.2 Å². The van der Waals surface area contributed by atoms with Gasteiger partial charge in [0.1, 0.15) is 17.3 Å². The number of likely N-dealkylation sites (N-methyl/N-ethyl adjacent to an activating group) is 1. The second kappa shape index (κ2) is 9.76. The lowest BCUT2D eigenvalue weighted by Crippen LogP contribution is -2.44. The zero-order valence-electron chi connectivity index (χ0n) is 20.1. The highest BCUT2D eigenvalue weighted by Crippen LogP contribution is 2.32. The van der Waals surface area contributed by atoms with Crippen molar-refractivity contribution < 1.29 is 4.39 Å². The average Bonchev–Trinajstić information content (AvgIpc) is 3.40. The van der Waals surface area contributed by atoms with E-state index in [4.69, 9.17) is 16.6 Å². The van der Waals surface area contributed by atoms with Gasteiger partial charge in [-0.1, -0.05) is 11.6 Å². The fourth-order valence-corrected chi connectivity index (χ4v) is 4.62. The SMILES string of the molecule is CN1CCN(c2ccc(Nc3cnc4ccc(-c5nc[nH]c5-c5cc(Cl)ccc5F)nc4c3)nc2)CC1. The van der Waals surface area contributed by atoms with Crippen LogP contribution in [0.3, 0.4) is 0 Å². The predicted molar refractivity (Wildman–Crippen MR) is 145 cm³/mol. The summed E-state index contributed by atoms with van der Waals surface area (Å²) < 4.78 is 14.5. The van der Waals surface area contributed by atoms with Crippen LogP contribution in [0.2, 0.25) is 5.02 Å². The number of imidazole rings is 1. The summed E-state index contributed by atoms with van der Waals surface area (Å²) in [6.07, 6.45) is 5.16. The average molecular weight is 515 g/mol. The third kappa shape index (κ3) is 4.83. The Morgan fingerprint density at radius 2 is 1.78 bits per heavy atom. The molecule has 1 fully saturated rings. The molecular formula is C27H24ClFN8. The number of fused-ring (bicyclic) bond motifs is 1. The number of nitrogens with one attached hydrogen (secondary N) is 2. The second-order valence-corrected chi connectivity index (χ2v) is 9.46. The zero-order chi connectivity index (χ0) is 25.4. The lowest BCUT2D eigenvalue weighted by molar-refractivity contribution is 0.313. The maximum absolute atomic E-state index is 14.5. The van der Waals surface area contributed by atoms with Gasteiger partial charge < -0.3 is 20.1 Å². The molecule has 0 spiro atoms. The van der Waals surface area contributed by atoms with E-state index in [-0.39, 0.29) is 0 Å². The fraction of sp³-hybridized carbons (Fsp3) is 0.185. The number of rotatable bonds is 5. The van der Waals surface area contributed by atoms with Gasteiger partial charge in [0.2, 0.25) is 0 Å². The van der Waals surface area contributed by atoms with Gasteiger partial charge in [0.15, 0.2) is 0 Å². The molecule has 0 amide bonds. The van der Waals surface area contributed by atoms with E-state index in [0.717, 1.165) is 48.9 Å². The molecule has 8 nitrogen and oxygen atoms in total. The maximum atomic E-state index is 14.5. The van der Waals surface area contributed by atoms with Crippen molar-refractivity contribution in [3.8, 4) is 22.6 Å². The number of aromatic amines is 1. The van der Waals surface area contributed by atoms with E-state index in [2.05, 4.69) is 48.2 Å². The summed E-state index contributed by atoms with van der Waals surface area (Å²) in [7, 11) is 2.14. The first-order chi connectivity index (χ1) is 18.0. The van der Waals surface area contributed by atoms with Gasteiger partial charge in [0, 0.05) is 36.8 Å². The Bertz CT molecular complexity index is 1560. The molecule has 186 valence electrons. The van der Waals surface area contributed by atoms with Gasteiger partial charge in [-0.3, -0.25) is 4.98 Å². The molecule has 1 aromatic carbocycles. The van der Waals surface area contributed by atoms with Gasteiger partial charge in [-0.15, -0.1) is 0 Å². The van der Waals surface area contributed by atoms with Crippen LogP contribution in [0.5, 0.6) is 0 Å². The molecule has 1 aliphatic rings. The van der Waals surface area contributed by atoms with E-state index < -0.39 is 5.82 Å². The topological polar surface area (TPSA) is 85.9 Å². The van der Waals surface area contributed by atoms with Crippen molar-refractivity contribution in [1.29, 1.82) is 0 Å². The maximum Gasteiger partial charge on any atom is 0.132 e. The number of anilines is 3. The molecule has 5 heterocycles.